The van der Waals surface area contributed by atoms with Gasteiger partial charge in [0.1, 0.15) is 6.04 Å². The van der Waals surface area contributed by atoms with Gasteiger partial charge in [-0.25, -0.2) is 0 Å². The molecule has 8 heteroatoms. The van der Waals surface area contributed by atoms with E-state index in [9.17, 15) is 9.59 Å². The molecule has 2 amide bonds. The van der Waals surface area contributed by atoms with Gasteiger partial charge in [-0.1, -0.05) is 0 Å². The minimum atomic E-state index is -0.186. The molecule has 2 atom stereocenters. The summed E-state index contributed by atoms with van der Waals surface area (Å²) in [6, 6.07) is 5.27. The molecule has 0 spiro atoms. The third-order valence-corrected chi connectivity index (χ3v) is 5.68. The van der Waals surface area contributed by atoms with Crippen LogP contribution in [0.3, 0.4) is 0 Å². The second-order valence-corrected chi connectivity index (χ2v) is 7.66. The van der Waals surface area contributed by atoms with Crippen LogP contribution in [0.25, 0.3) is 0 Å². The summed E-state index contributed by atoms with van der Waals surface area (Å²) in [4.78, 5) is 27.6. The number of hydrogen-bond acceptors (Lipinski definition) is 6. The van der Waals surface area contributed by atoms with Crippen molar-refractivity contribution in [2.45, 2.75) is 42.9 Å². The number of likely N-dealkylation sites (tertiary alicyclic amines) is 1. The molecule has 4 rings (SSSR count). The number of carbonyl (C=O) groups is 2. The highest BCUT2D eigenvalue weighted by Gasteiger charge is 2.34. The number of carbonyl (C=O) groups excluding carboxylic acids is 2. The Hall–Kier alpha value is -2.35. The zero-order chi connectivity index (χ0) is 17.6. The fourth-order valence-corrected chi connectivity index (χ4v) is 4.15. The summed E-state index contributed by atoms with van der Waals surface area (Å²) >= 11 is 1.50. The lowest BCUT2D eigenvalue weighted by atomic mass is 10.1. The average molecular weight is 358 g/mol. The third-order valence-electron chi connectivity index (χ3n) is 4.50. The second kappa shape index (κ2) is 6.18. The Bertz CT molecular complexity index is 850. The molecule has 0 saturated carbocycles. The molecule has 130 valence electrons. The van der Waals surface area contributed by atoms with Crippen LogP contribution in [0.5, 0.6) is 0 Å². The molecule has 2 aliphatic heterocycles. The molecule has 1 saturated heterocycles. The molecule has 1 N–H and O–H groups in total. The van der Waals surface area contributed by atoms with Gasteiger partial charge in [0, 0.05) is 23.9 Å². The van der Waals surface area contributed by atoms with E-state index in [1.54, 1.807) is 17.9 Å². The second-order valence-electron chi connectivity index (χ2n) is 6.28. The number of nitrogens with one attached hydrogen (secondary N) is 1. The molecule has 0 unspecified atom stereocenters. The molecule has 0 bridgehead atoms. The van der Waals surface area contributed by atoms with Gasteiger partial charge in [0.05, 0.1) is 10.9 Å². The van der Waals surface area contributed by atoms with E-state index >= 15 is 0 Å². The van der Waals surface area contributed by atoms with Crippen LogP contribution >= 0.6 is 11.8 Å². The van der Waals surface area contributed by atoms with Crippen LogP contribution in [0.1, 0.15) is 47.9 Å². The van der Waals surface area contributed by atoms with Crippen molar-refractivity contribution >= 4 is 29.3 Å². The van der Waals surface area contributed by atoms with Crippen molar-refractivity contribution in [1.29, 1.82) is 0 Å². The number of amides is 2. The Balaban J connectivity index is 1.60. The van der Waals surface area contributed by atoms with Crippen LogP contribution < -0.4 is 5.32 Å². The SMILES string of the molecule is Cc1nnc([C@H]2CCCN2C(=O)c2ccc3c(c2)NC(=O)[C@@H](C)S3)o1. The zero-order valence-electron chi connectivity index (χ0n) is 14.0. The summed E-state index contributed by atoms with van der Waals surface area (Å²) in [6.45, 7) is 4.26. The van der Waals surface area contributed by atoms with Gasteiger partial charge in [-0.2, -0.15) is 0 Å². The van der Waals surface area contributed by atoms with E-state index in [0.717, 1.165) is 17.7 Å². The van der Waals surface area contributed by atoms with Gasteiger partial charge >= 0.3 is 0 Å². The number of aromatic nitrogens is 2. The quantitative estimate of drug-likeness (QED) is 0.888. The summed E-state index contributed by atoms with van der Waals surface area (Å²) in [5.74, 6) is 0.859. The molecule has 1 aromatic carbocycles. The Kier molecular flexibility index (Phi) is 3.99. The van der Waals surface area contributed by atoms with Crippen molar-refractivity contribution in [3.63, 3.8) is 0 Å². The number of nitrogens with zero attached hydrogens (tertiary/aromatic N) is 3. The molecule has 3 heterocycles. The van der Waals surface area contributed by atoms with Gasteiger partial charge in [-0.3, -0.25) is 9.59 Å². The summed E-state index contributed by atoms with van der Waals surface area (Å²) in [6.07, 6.45) is 1.70. The predicted octanol–water partition coefficient (Wildman–Crippen LogP) is 2.79. The fourth-order valence-electron chi connectivity index (χ4n) is 3.22. The molecule has 2 aliphatic rings. The first kappa shape index (κ1) is 16.1. The summed E-state index contributed by atoms with van der Waals surface area (Å²) in [7, 11) is 0. The maximum Gasteiger partial charge on any atom is 0.254 e. The fraction of sp³-hybridized carbons (Fsp3) is 0.412. The first-order chi connectivity index (χ1) is 12.0. The normalized spacial score (nSPS) is 22.6. The predicted molar refractivity (Wildman–Crippen MR) is 92.4 cm³/mol. The Morgan fingerprint density at radius 2 is 2.24 bits per heavy atom. The molecule has 0 radical (unpaired) electrons. The van der Waals surface area contributed by atoms with Gasteiger partial charge in [0.25, 0.3) is 5.91 Å². The smallest absolute Gasteiger partial charge is 0.254 e. The van der Waals surface area contributed by atoms with Crippen LogP contribution in [0.4, 0.5) is 5.69 Å². The number of benzene rings is 1. The van der Waals surface area contributed by atoms with Crippen molar-refractivity contribution < 1.29 is 14.0 Å². The summed E-state index contributed by atoms with van der Waals surface area (Å²) < 4.78 is 5.52. The van der Waals surface area contributed by atoms with Crippen LogP contribution in [0, 0.1) is 6.92 Å². The van der Waals surface area contributed by atoms with Crippen molar-refractivity contribution in [1.82, 2.24) is 15.1 Å². The minimum Gasteiger partial charge on any atom is -0.423 e. The molecule has 1 aromatic heterocycles. The van der Waals surface area contributed by atoms with E-state index in [2.05, 4.69) is 15.5 Å². The third kappa shape index (κ3) is 2.90. The van der Waals surface area contributed by atoms with Gasteiger partial charge in [0.15, 0.2) is 0 Å². The van der Waals surface area contributed by atoms with Gasteiger partial charge in [-0.15, -0.1) is 22.0 Å². The Morgan fingerprint density at radius 1 is 1.40 bits per heavy atom. The number of anilines is 1. The zero-order valence-corrected chi connectivity index (χ0v) is 14.8. The number of fused-ring (bicyclic) bond motifs is 1. The number of rotatable bonds is 2. The largest absolute Gasteiger partial charge is 0.423 e. The monoisotopic (exact) mass is 358 g/mol. The highest BCUT2D eigenvalue weighted by molar-refractivity contribution is 8.00. The Morgan fingerprint density at radius 3 is 3.00 bits per heavy atom. The van der Waals surface area contributed by atoms with Gasteiger partial charge < -0.3 is 14.6 Å². The van der Waals surface area contributed by atoms with E-state index in [1.807, 2.05) is 19.1 Å². The van der Waals surface area contributed by atoms with Gasteiger partial charge in [0.2, 0.25) is 17.7 Å². The molecular weight excluding hydrogens is 340 g/mol. The van der Waals surface area contributed by atoms with E-state index in [0.29, 0.717) is 29.6 Å². The highest BCUT2D eigenvalue weighted by Crippen LogP contribution is 2.37. The summed E-state index contributed by atoms with van der Waals surface area (Å²) in [5, 5.41) is 10.7. The molecule has 25 heavy (non-hydrogen) atoms. The maximum atomic E-state index is 13.0. The van der Waals surface area contributed by atoms with Gasteiger partial charge in [-0.05, 0) is 38.0 Å². The van der Waals surface area contributed by atoms with Crippen LogP contribution in [-0.2, 0) is 4.79 Å². The van der Waals surface area contributed by atoms with Crippen LogP contribution in [-0.4, -0.2) is 38.7 Å². The number of aryl methyl sites for hydroxylation is 1. The molecule has 2 aromatic rings. The minimum absolute atomic E-state index is 0.0394. The summed E-state index contributed by atoms with van der Waals surface area (Å²) in [5.41, 5.74) is 1.25. The van der Waals surface area contributed by atoms with Crippen molar-refractivity contribution in [3.05, 3.63) is 35.5 Å². The van der Waals surface area contributed by atoms with Crippen molar-refractivity contribution in [2.24, 2.45) is 0 Å². The molecule has 7 nitrogen and oxygen atoms in total. The number of thioether (sulfide) groups is 1. The van der Waals surface area contributed by atoms with Crippen LogP contribution in [0.2, 0.25) is 0 Å². The Labute approximate surface area is 149 Å². The van der Waals surface area contributed by atoms with E-state index in [4.69, 9.17) is 4.42 Å². The lowest BCUT2D eigenvalue weighted by Crippen LogP contribution is -2.31. The van der Waals surface area contributed by atoms with E-state index in [-0.39, 0.29) is 23.1 Å². The lowest BCUT2D eigenvalue weighted by molar-refractivity contribution is -0.115. The molecule has 1 fully saturated rings. The first-order valence-corrected chi connectivity index (χ1v) is 9.13. The molecule has 0 aliphatic carbocycles. The van der Waals surface area contributed by atoms with Crippen molar-refractivity contribution in [3.8, 4) is 0 Å². The van der Waals surface area contributed by atoms with E-state index in [1.165, 1.54) is 11.8 Å². The van der Waals surface area contributed by atoms with Crippen molar-refractivity contribution in [2.75, 3.05) is 11.9 Å². The lowest BCUT2D eigenvalue weighted by Gasteiger charge is -2.24. The first-order valence-electron chi connectivity index (χ1n) is 8.25. The standard InChI is InChI=1S/C17H18N4O3S/c1-9-15(22)18-12-8-11(5-6-14(12)25-9)17(23)21-7-3-4-13(21)16-20-19-10(2)24-16/h5-6,8-9,13H,3-4,7H2,1-2H3,(H,18,22)/t9-,13-/m1/s1. The average Bonchev–Trinajstić information content (AvgIpc) is 3.23. The topological polar surface area (TPSA) is 88.3 Å². The molecular formula is C17H18N4O3S. The van der Waals surface area contributed by atoms with E-state index < -0.39 is 0 Å². The number of hydrogen-bond donors (Lipinski definition) is 1. The van der Waals surface area contributed by atoms with Crippen LogP contribution in [0.15, 0.2) is 27.5 Å². The highest BCUT2D eigenvalue weighted by atomic mass is 32.2. The maximum absolute atomic E-state index is 13.0.